The molecule has 0 radical (unpaired) electrons. The van der Waals surface area contributed by atoms with Crippen LogP contribution in [0.4, 0.5) is 5.69 Å². The van der Waals surface area contributed by atoms with Gasteiger partial charge >= 0.3 is 0 Å². The van der Waals surface area contributed by atoms with Gasteiger partial charge in [-0.3, -0.25) is 4.68 Å². The molecule has 2 heterocycles. The largest absolute Gasteiger partial charge is 0.375 e. The molecule has 0 aliphatic carbocycles. The van der Waals surface area contributed by atoms with Crippen LogP contribution < -0.4 is 5.32 Å². The van der Waals surface area contributed by atoms with Gasteiger partial charge < -0.3 is 5.32 Å². The van der Waals surface area contributed by atoms with Crippen LogP contribution in [0.3, 0.4) is 0 Å². The Balaban J connectivity index is 1.93. The highest BCUT2D eigenvalue weighted by atomic mass is 35.5. The van der Waals surface area contributed by atoms with Crippen LogP contribution in [0.15, 0.2) is 36.8 Å². The fourth-order valence-corrected chi connectivity index (χ4v) is 2.74. The van der Waals surface area contributed by atoms with Crippen molar-refractivity contribution in [3.63, 3.8) is 0 Å². The summed E-state index contributed by atoms with van der Waals surface area (Å²) in [5.41, 5.74) is 2.94. The van der Waals surface area contributed by atoms with E-state index in [9.17, 15) is 0 Å². The van der Waals surface area contributed by atoms with E-state index in [-0.39, 0.29) is 5.92 Å². The third-order valence-electron chi connectivity index (χ3n) is 3.68. The molecule has 0 unspecified atom stereocenters. The quantitative estimate of drug-likeness (QED) is 0.779. The maximum Gasteiger partial charge on any atom is 0.145 e. The van der Waals surface area contributed by atoms with Crippen molar-refractivity contribution in [1.29, 1.82) is 0 Å². The molecule has 0 saturated carbocycles. The van der Waals surface area contributed by atoms with Gasteiger partial charge in [-0.2, -0.15) is 10.2 Å². The van der Waals surface area contributed by atoms with Crippen LogP contribution in [-0.2, 0) is 13.6 Å². The zero-order chi connectivity index (χ0) is 16.4. The fraction of sp³-hybridized carbons (Fsp3) is 0.312. The number of para-hydroxylation sites is 1. The molecule has 1 N–H and O–H groups in total. The molecule has 2 aromatic heterocycles. The first kappa shape index (κ1) is 15.6. The normalized spacial score (nSPS) is 11.2. The van der Waals surface area contributed by atoms with Crippen LogP contribution >= 0.6 is 11.6 Å². The minimum atomic E-state index is 0.288. The van der Waals surface area contributed by atoms with Crippen molar-refractivity contribution in [2.45, 2.75) is 26.3 Å². The zero-order valence-electron chi connectivity index (χ0n) is 13.4. The second kappa shape index (κ2) is 6.42. The molecule has 0 saturated heterocycles. The van der Waals surface area contributed by atoms with Gasteiger partial charge in [0.25, 0.3) is 0 Å². The Morgan fingerprint density at radius 1 is 1.22 bits per heavy atom. The molecule has 0 aliphatic heterocycles. The lowest BCUT2D eigenvalue weighted by molar-refractivity contribution is 0.709. The number of anilines is 1. The Labute approximate surface area is 140 Å². The molecule has 0 amide bonds. The van der Waals surface area contributed by atoms with Gasteiger partial charge in [0.05, 0.1) is 34.8 Å². The van der Waals surface area contributed by atoms with Gasteiger partial charge in [0.2, 0.25) is 0 Å². The van der Waals surface area contributed by atoms with E-state index in [1.165, 1.54) is 0 Å². The van der Waals surface area contributed by atoms with Crippen LogP contribution in [0.5, 0.6) is 0 Å². The molecule has 23 heavy (non-hydrogen) atoms. The fourth-order valence-electron chi connectivity index (χ4n) is 2.52. The predicted molar refractivity (Wildman–Crippen MR) is 91.0 cm³/mol. The summed E-state index contributed by atoms with van der Waals surface area (Å²) in [5.74, 6) is 1.15. The molecule has 120 valence electrons. The second-order valence-electron chi connectivity index (χ2n) is 5.61. The molecule has 0 fully saturated rings. The summed E-state index contributed by atoms with van der Waals surface area (Å²) in [4.78, 5) is 4.23. The summed E-state index contributed by atoms with van der Waals surface area (Å²) in [6.07, 6.45) is 3.38. The van der Waals surface area contributed by atoms with Crippen molar-refractivity contribution >= 4 is 17.3 Å². The summed E-state index contributed by atoms with van der Waals surface area (Å²) in [5, 5.41) is 12.7. The molecular weight excluding hydrogens is 312 g/mol. The minimum absolute atomic E-state index is 0.288. The highest BCUT2D eigenvalue weighted by molar-refractivity contribution is 6.32. The van der Waals surface area contributed by atoms with Crippen LogP contribution in [0, 0.1) is 0 Å². The monoisotopic (exact) mass is 330 g/mol. The Kier molecular flexibility index (Phi) is 4.34. The molecule has 0 bridgehead atoms. The van der Waals surface area contributed by atoms with Crippen molar-refractivity contribution in [2.24, 2.45) is 7.05 Å². The number of aryl methyl sites for hydroxylation is 1. The molecule has 0 atom stereocenters. The predicted octanol–water partition coefficient (Wildman–Crippen LogP) is 3.39. The number of nitrogens with one attached hydrogen (secondary N) is 1. The highest BCUT2D eigenvalue weighted by Gasteiger charge is 2.17. The summed E-state index contributed by atoms with van der Waals surface area (Å²) in [6, 6.07) is 7.71. The standard InChI is InChI=1S/C16H19ClN6/c1-11(2)16-13(18-9-15-19-10-21-22(15)3)8-20-23(16)14-7-5-4-6-12(14)17/h4-8,10-11,18H,9H2,1-3H3. The smallest absolute Gasteiger partial charge is 0.145 e. The number of aromatic nitrogens is 5. The Morgan fingerprint density at radius 3 is 2.65 bits per heavy atom. The van der Waals surface area contributed by atoms with E-state index in [0.717, 1.165) is 22.9 Å². The molecular formula is C16H19ClN6. The van der Waals surface area contributed by atoms with Crippen molar-refractivity contribution in [1.82, 2.24) is 24.5 Å². The lowest BCUT2D eigenvalue weighted by Gasteiger charge is -2.14. The molecule has 6 nitrogen and oxygen atoms in total. The van der Waals surface area contributed by atoms with Crippen molar-refractivity contribution in [3.05, 3.63) is 53.3 Å². The first-order valence-electron chi connectivity index (χ1n) is 7.47. The van der Waals surface area contributed by atoms with Crippen LogP contribution in [0.25, 0.3) is 5.69 Å². The van der Waals surface area contributed by atoms with E-state index in [2.05, 4.69) is 34.3 Å². The Hall–Kier alpha value is -2.34. The summed E-state index contributed by atoms with van der Waals surface area (Å²) < 4.78 is 3.65. The zero-order valence-corrected chi connectivity index (χ0v) is 14.1. The minimum Gasteiger partial charge on any atom is -0.375 e. The van der Waals surface area contributed by atoms with Gasteiger partial charge in [-0.1, -0.05) is 37.6 Å². The summed E-state index contributed by atoms with van der Waals surface area (Å²) in [7, 11) is 1.88. The first-order chi connectivity index (χ1) is 11.1. The molecule has 7 heteroatoms. The average Bonchev–Trinajstić information content (AvgIpc) is 3.11. The van der Waals surface area contributed by atoms with E-state index >= 15 is 0 Å². The Morgan fingerprint density at radius 2 is 2.00 bits per heavy atom. The van der Waals surface area contributed by atoms with Crippen molar-refractivity contribution < 1.29 is 0 Å². The van der Waals surface area contributed by atoms with Gasteiger partial charge in [-0.25, -0.2) is 9.67 Å². The van der Waals surface area contributed by atoms with Crippen molar-refractivity contribution in [3.8, 4) is 5.69 Å². The molecule has 0 aliphatic rings. The maximum atomic E-state index is 6.32. The Bertz CT molecular complexity index is 805. The number of benzene rings is 1. The lowest BCUT2D eigenvalue weighted by Crippen LogP contribution is -2.10. The topological polar surface area (TPSA) is 60.6 Å². The second-order valence-corrected chi connectivity index (χ2v) is 6.02. The average molecular weight is 331 g/mol. The lowest BCUT2D eigenvalue weighted by atomic mass is 10.1. The van der Waals surface area contributed by atoms with Gasteiger partial charge in [0.1, 0.15) is 12.2 Å². The maximum absolute atomic E-state index is 6.32. The van der Waals surface area contributed by atoms with Crippen molar-refractivity contribution in [2.75, 3.05) is 5.32 Å². The van der Waals surface area contributed by atoms with Gasteiger partial charge in [0, 0.05) is 7.05 Å². The molecule has 1 aromatic carbocycles. The van der Waals surface area contributed by atoms with Crippen LogP contribution in [0.1, 0.15) is 31.3 Å². The van der Waals surface area contributed by atoms with E-state index in [0.29, 0.717) is 11.6 Å². The van der Waals surface area contributed by atoms with E-state index < -0.39 is 0 Å². The molecule has 3 rings (SSSR count). The number of nitrogens with zero attached hydrogens (tertiary/aromatic N) is 5. The van der Waals surface area contributed by atoms with Gasteiger partial charge in [0.15, 0.2) is 0 Å². The number of hydrogen-bond donors (Lipinski definition) is 1. The SMILES string of the molecule is CC(C)c1c(NCc2ncnn2C)cnn1-c1ccccc1Cl. The highest BCUT2D eigenvalue weighted by Crippen LogP contribution is 2.29. The van der Waals surface area contributed by atoms with Gasteiger partial charge in [-0.15, -0.1) is 0 Å². The molecule has 3 aromatic rings. The first-order valence-corrected chi connectivity index (χ1v) is 7.85. The van der Waals surface area contributed by atoms with E-state index in [4.69, 9.17) is 11.6 Å². The summed E-state index contributed by atoms with van der Waals surface area (Å²) in [6.45, 7) is 4.86. The molecule has 0 spiro atoms. The summed E-state index contributed by atoms with van der Waals surface area (Å²) >= 11 is 6.32. The van der Waals surface area contributed by atoms with Crippen LogP contribution in [-0.4, -0.2) is 24.5 Å². The number of hydrogen-bond acceptors (Lipinski definition) is 4. The third kappa shape index (κ3) is 3.07. The van der Waals surface area contributed by atoms with Crippen LogP contribution in [0.2, 0.25) is 5.02 Å². The van der Waals surface area contributed by atoms with E-state index in [1.54, 1.807) is 11.0 Å². The third-order valence-corrected chi connectivity index (χ3v) is 4.00. The number of halogens is 1. The van der Waals surface area contributed by atoms with E-state index in [1.807, 2.05) is 42.2 Å². The van der Waals surface area contributed by atoms with Gasteiger partial charge in [-0.05, 0) is 18.1 Å². The number of rotatable bonds is 5.